The topological polar surface area (TPSA) is 92.3 Å². The molecule has 1 heterocycles. The summed E-state index contributed by atoms with van der Waals surface area (Å²) in [6.45, 7) is 0. The molecule has 3 rings (SSSR count). The largest absolute Gasteiger partial charge is 0.457 e. The molecule has 0 radical (unpaired) electrons. The van der Waals surface area contributed by atoms with Crippen LogP contribution in [0.2, 0.25) is 5.02 Å². The van der Waals surface area contributed by atoms with Crippen molar-refractivity contribution in [2.75, 3.05) is 5.32 Å². The zero-order valence-corrected chi connectivity index (χ0v) is 15.1. The van der Waals surface area contributed by atoms with Gasteiger partial charge in [0.2, 0.25) is 5.76 Å². The van der Waals surface area contributed by atoms with Crippen LogP contribution >= 0.6 is 11.6 Å². The number of nitrogens with zero attached hydrogens (tertiary/aromatic N) is 1. The Labute approximate surface area is 165 Å². The predicted octanol–water partition coefficient (Wildman–Crippen LogP) is 4.70. The zero-order valence-electron chi connectivity index (χ0n) is 14.4. The number of ether oxygens (including phenoxy) is 1. The molecule has 0 aliphatic carbocycles. The Morgan fingerprint density at radius 3 is 2.39 bits per heavy atom. The maximum Gasteiger partial charge on any atom is 0.379 e. The number of furan rings is 1. The lowest BCUT2D eigenvalue weighted by Crippen LogP contribution is -2.13. The molecule has 0 aliphatic rings. The second-order valence-electron chi connectivity index (χ2n) is 5.57. The average Bonchev–Trinajstić information content (AvgIpc) is 3.24. The van der Waals surface area contributed by atoms with Crippen molar-refractivity contribution in [3.63, 3.8) is 0 Å². The number of carbonyl (C=O) groups excluding carboxylic acids is 2. The summed E-state index contributed by atoms with van der Waals surface area (Å²) in [4.78, 5) is 24.1. The van der Waals surface area contributed by atoms with Crippen molar-refractivity contribution in [3.05, 3.63) is 88.8 Å². The number of esters is 1. The van der Waals surface area contributed by atoms with Crippen LogP contribution in [-0.2, 0) is 4.79 Å². The van der Waals surface area contributed by atoms with Gasteiger partial charge in [-0.25, -0.2) is 4.79 Å². The van der Waals surface area contributed by atoms with Gasteiger partial charge in [0.25, 0.3) is 5.91 Å². The molecular weight excluding hydrogens is 380 g/mol. The first kappa shape index (κ1) is 19.0. The van der Waals surface area contributed by atoms with Crippen molar-refractivity contribution in [2.45, 2.75) is 0 Å². The fourth-order valence-electron chi connectivity index (χ4n) is 2.23. The van der Waals surface area contributed by atoms with Gasteiger partial charge in [0.1, 0.15) is 17.4 Å². The van der Waals surface area contributed by atoms with Crippen LogP contribution in [-0.4, -0.2) is 11.9 Å². The number of anilines is 1. The number of hydrogen-bond acceptors (Lipinski definition) is 5. The van der Waals surface area contributed by atoms with Crippen LogP contribution in [0.4, 0.5) is 5.69 Å². The summed E-state index contributed by atoms with van der Waals surface area (Å²) >= 11 is 5.81. The summed E-state index contributed by atoms with van der Waals surface area (Å²) in [7, 11) is 0. The molecule has 1 N–H and O–H groups in total. The second kappa shape index (κ2) is 8.71. The molecular formula is C21H13ClN2O4. The number of hydrogen-bond donors (Lipinski definition) is 1. The maximum absolute atomic E-state index is 12.3. The molecule has 0 spiro atoms. The molecule has 0 fully saturated rings. The van der Waals surface area contributed by atoms with Crippen LogP contribution in [0, 0.1) is 11.3 Å². The Morgan fingerprint density at radius 2 is 1.79 bits per heavy atom. The quantitative estimate of drug-likeness (QED) is 0.294. The molecule has 28 heavy (non-hydrogen) atoms. The molecule has 0 atom stereocenters. The number of nitrogens with one attached hydrogen (secondary N) is 1. The molecule has 0 aliphatic heterocycles. The van der Waals surface area contributed by atoms with Crippen molar-refractivity contribution in [1.29, 1.82) is 5.26 Å². The van der Waals surface area contributed by atoms with Gasteiger partial charge in [-0.15, -0.1) is 0 Å². The Hall–Kier alpha value is -3.82. The minimum Gasteiger partial charge on any atom is -0.457 e. The zero-order chi connectivity index (χ0) is 19.9. The lowest BCUT2D eigenvalue weighted by molar-refractivity contribution is -0.112. The highest BCUT2D eigenvalue weighted by molar-refractivity contribution is 6.30. The van der Waals surface area contributed by atoms with Crippen molar-refractivity contribution in [3.8, 4) is 11.8 Å². The summed E-state index contributed by atoms with van der Waals surface area (Å²) < 4.78 is 10.1. The van der Waals surface area contributed by atoms with Crippen LogP contribution in [0.15, 0.2) is 76.9 Å². The van der Waals surface area contributed by atoms with Crippen molar-refractivity contribution in [1.82, 2.24) is 0 Å². The van der Waals surface area contributed by atoms with E-state index in [2.05, 4.69) is 5.32 Å². The fraction of sp³-hybridized carbons (Fsp3) is 0. The first-order chi connectivity index (χ1) is 13.5. The summed E-state index contributed by atoms with van der Waals surface area (Å²) in [6, 6.07) is 17.9. The molecule has 2 aromatic carbocycles. The fourth-order valence-corrected chi connectivity index (χ4v) is 2.36. The SMILES string of the molecule is N#C/C(=C/c1ccc(OC(=O)c2ccco2)cc1)C(=O)Nc1ccc(Cl)cc1. The molecule has 1 aromatic heterocycles. The minimum absolute atomic E-state index is 0.0738. The van der Waals surface area contributed by atoms with Crippen LogP contribution in [0.5, 0.6) is 5.75 Å². The smallest absolute Gasteiger partial charge is 0.379 e. The third-order valence-corrected chi connectivity index (χ3v) is 3.84. The van der Waals surface area contributed by atoms with Gasteiger partial charge < -0.3 is 14.5 Å². The maximum atomic E-state index is 12.3. The van der Waals surface area contributed by atoms with Gasteiger partial charge in [-0.3, -0.25) is 4.79 Å². The van der Waals surface area contributed by atoms with E-state index < -0.39 is 11.9 Å². The van der Waals surface area contributed by atoms with Gasteiger partial charge in [-0.05, 0) is 60.2 Å². The monoisotopic (exact) mass is 392 g/mol. The number of rotatable bonds is 5. The van der Waals surface area contributed by atoms with E-state index in [0.717, 1.165) is 0 Å². The average molecular weight is 393 g/mol. The third kappa shape index (κ3) is 4.87. The van der Waals surface area contributed by atoms with Crippen LogP contribution in [0.25, 0.3) is 6.08 Å². The summed E-state index contributed by atoms with van der Waals surface area (Å²) in [5, 5.41) is 12.4. The molecule has 0 unspecified atom stereocenters. The number of nitriles is 1. The number of amides is 1. The standard InChI is InChI=1S/C21H13ClN2O4/c22-16-5-7-17(8-6-16)24-20(25)15(13-23)12-14-3-9-18(10-4-14)28-21(26)19-2-1-11-27-19/h1-12H,(H,24,25)/b15-12-. The first-order valence-corrected chi connectivity index (χ1v) is 8.47. The van der Waals surface area contributed by atoms with Gasteiger partial charge in [0.15, 0.2) is 0 Å². The molecule has 1 amide bonds. The van der Waals surface area contributed by atoms with E-state index in [1.165, 1.54) is 18.4 Å². The molecule has 138 valence electrons. The highest BCUT2D eigenvalue weighted by atomic mass is 35.5. The predicted molar refractivity (Wildman–Crippen MR) is 104 cm³/mol. The summed E-state index contributed by atoms with van der Waals surface area (Å²) in [6.07, 6.45) is 2.81. The highest BCUT2D eigenvalue weighted by Crippen LogP contribution is 2.18. The van der Waals surface area contributed by atoms with Crippen molar-refractivity contribution < 1.29 is 18.7 Å². The van der Waals surface area contributed by atoms with Crippen molar-refractivity contribution in [2.24, 2.45) is 0 Å². The normalized spacial score (nSPS) is 10.8. The van der Waals surface area contributed by atoms with Gasteiger partial charge in [-0.1, -0.05) is 23.7 Å². The van der Waals surface area contributed by atoms with Gasteiger partial charge in [-0.2, -0.15) is 5.26 Å². The molecule has 7 heteroatoms. The van der Waals surface area contributed by atoms with E-state index >= 15 is 0 Å². The van der Waals surface area contributed by atoms with Crippen molar-refractivity contribution >= 4 is 35.2 Å². The van der Waals surface area contributed by atoms with E-state index in [0.29, 0.717) is 22.0 Å². The Bertz CT molecular complexity index is 1050. The molecule has 6 nitrogen and oxygen atoms in total. The van der Waals surface area contributed by atoms with Crippen LogP contribution in [0.3, 0.4) is 0 Å². The minimum atomic E-state index is -0.617. The van der Waals surface area contributed by atoms with E-state index in [9.17, 15) is 14.9 Å². The van der Waals surface area contributed by atoms with E-state index in [1.54, 1.807) is 54.6 Å². The van der Waals surface area contributed by atoms with E-state index in [1.807, 2.05) is 6.07 Å². The van der Waals surface area contributed by atoms with E-state index in [-0.39, 0.29) is 11.3 Å². The lowest BCUT2D eigenvalue weighted by atomic mass is 10.1. The Balaban J connectivity index is 1.68. The van der Waals surface area contributed by atoms with E-state index in [4.69, 9.17) is 20.8 Å². The molecule has 3 aromatic rings. The molecule has 0 saturated heterocycles. The third-order valence-electron chi connectivity index (χ3n) is 3.59. The second-order valence-corrected chi connectivity index (χ2v) is 6.00. The highest BCUT2D eigenvalue weighted by Gasteiger charge is 2.12. The summed E-state index contributed by atoms with van der Waals surface area (Å²) in [5.74, 6) is -0.760. The molecule has 0 saturated carbocycles. The number of benzene rings is 2. The Morgan fingerprint density at radius 1 is 1.07 bits per heavy atom. The van der Waals surface area contributed by atoms with Gasteiger partial charge >= 0.3 is 5.97 Å². The summed E-state index contributed by atoms with van der Waals surface area (Å²) in [5.41, 5.74) is 1.05. The number of halogens is 1. The Kier molecular flexibility index (Phi) is 5.90. The first-order valence-electron chi connectivity index (χ1n) is 8.09. The molecule has 0 bridgehead atoms. The van der Waals surface area contributed by atoms with Crippen LogP contribution in [0.1, 0.15) is 16.1 Å². The van der Waals surface area contributed by atoms with Crippen LogP contribution < -0.4 is 10.1 Å². The lowest BCUT2D eigenvalue weighted by Gasteiger charge is -2.05. The number of carbonyl (C=O) groups is 2. The van der Waals surface area contributed by atoms with Gasteiger partial charge in [0.05, 0.1) is 6.26 Å². The van der Waals surface area contributed by atoms with Gasteiger partial charge in [0, 0.05) is 10.7 Å².